The maximum atomic E-state index is 12.5. The van der Waals surface area contributed by atoms with Crippen molar-refractivity contribution in [1.82, 2.24) is 20.1 Å². The second-order valence-electron chi connectivity index (χ2n) is 6.83. The number of ether oxygens (including phenoxy) is 1. The Morgan fingerprint density at radius 3 is 2.66 bits per heavy atom. The zero-order chi connectivity index (χ0) is 21.0. The predicted octanol–water partition coefficient (Wildman–Crippen LogP) is 2.35. The third kappa shape index (κ3) is 4.71. The summed E-state index contributed by atoms with van der Waals surface area (Å²) in [7, 11) is 1.79. The van der Waals surface area contributed by atoms with Gasteiger partial charge in [-0.05, 0) is 44.0 Å². The molecule has 2 heterocycles. The van der Waals surface area contributed by atoms with E-state index in [1.165, 1.54) is 6.20 Å². The van der Waals surface area contributed by atoms with Gasteiger partial charge in [0.25, 0.3) is 5.91 Å². The van der Waals surface area contributed by atoms with E-state index in [9.17, 15) is 14.7 Å². The average Bonchev–Trinajstić information content (AvgIpc) is 2.99. The minimum atomic E-state index is -0.962. The van der Waals surface area contributed by atoms with E-state index in [4.69, 9.17) is 4.74 Å². The zero-order valence-electron chi connectivity index (χ0n) is 16.7. The Morgan fingerprint density at radius 2 is 2.00 bits per heavy atom. The van der Waals surface area contributed by atoms with Gasteiger partial charge in [-0.3, -0.25) is 14.3 Å². The number of aryl methyl sites for hydroxylation is 2. The summed E-state index contributed by atoms with van der Waals surface area (Å²) < 4.78 is 7.05. The number of rotatable bonds is 8. The van der Waals surface area contributed by atoms with Crippen molar-refractivity contribution in [3.8, 4) is 5.75 Å². The summed E-state index contributed by atoms with van der Waals surface area (Å²) in [6, 6.07) is 9.03. The van der Waals surface area contributed by atoms with Crippen molar-refractivity contribution in [2.75, 3.05) is 13.2 Å². The van der Waals surface area contributed by atoms with E-state index in [1.807, 2.05) is 38.1 Å². The van der Waals surface area contributed by atoms with Crippen molar-refractivity contribution >= 4 is 22.9 Å². The van der Waals surface area contributed by atoms with Gasteiger partial charge in [-0.2, -0.15) is 5.10 Å². The minimum absolute atomic E-state index is 0.0193. The molecule has 2 aromatic heterocycles. The molecule has 1 atom stereocenters. The van der Waals surface area contributed by atoms with Crippen LogP contribution in [0.25, 0.3) is 11.0 Å². The third-order valence-electron chi connectivity index (χ3n) is 4.70. The molecule has 3 aromatic rings. The molecule has 0 bridgehead atoms. The van der Waals surface area contributed by atoms with Gasteiger partial charge in [-0.15, -0.1) is 0 Å². The Bertz CT molecular complexity index is 1030. The number of nitrogens with one attached hydrogen (secondary N) is 1. The van der Waals surface area contributed by atoms with Crippen LogP contribution in [-0.2, 0) is 18.3 Å². The number of hydrogen-bond donors (Lipinski definition) is 2. The number of nitrogens with zero attached hydrogens (tertiary/aromatic N) is 3. The Balaban J connectivity index is 1.66. The Hall–Kier alpha value is -3.42. The summed E-state index contributed by atoms with van der Waals surface area (Å²) in [5.74, 6) is -1.32. The van der Waals surface area contributed by atoms with Crippen LogP contribution in [0.5, 0.6) is 5.75 Å². The van der Waals surface area contributed by atoms with Gasteiger partial charge in [0.1, 0.15) is 5.75 Å². The predicted molar refractivity (Wildman–Crippen MR) is 108 cm³/mol. The van der Waals surface area contributed by atoms with E-state index in [1.54, 1.807) is 17.8 Å². The molecule has 0 saturated heterocycles. The van der Waals surface area contributed by atoms with Gasteiger partial charge in [0.15, 0.2) is 5.65 Å². The molecule has 1 aromatic carbocycles. The number of carboxylic acids is 1. The fraction of sp³-hybridized carbons (Fsp3) is 0.333. The lowest BCUT2D eigenvalue weighted by Crippen LogP contribution is -2.34. The van der Waals surface area contributed by atoms with E-state index < -0.39 is 11.9 Å². The number of pyridine rings is 1. The molecule has 0 aliphatic carbocycles. The van der Waals surface area contributed by atoms with E-state index in [0.29, 0.717) is 24.2 Å². The van der Waals surface area contributed by atoms with E-state index in [0.717, 1.165) is 22.4 Å². The number of fused-ring (bicyclic) bond motifs is 1. The molecule has 8 nitrogen and oxygen atoms in total. The Labute approximate surface area is 168 Å². The van der Waals surface area contributed by atoms with Crippen LogP contribution in [0.15, 0.2) is 36.5 Å². The van der Waals surface area contributed by atoms with Crippen LogP contribution in [0.2, 0.25) is 0 Å². The molecule has 0 fully saturated rings. The quantitative estimate of drug-likeness (QED) is 0.605. The van der Waals surface area contributed by atoms with Gasteiger partial charge < -0.3 is 15.2 Å². The molecule has 8 heteroatoms. The van der Waals surface area contributed by atoms with Crippen molar-refractivity contribution in [1.29, 1.82) is 0 Å². The van der Waals surface area contributed by atoms with Crippen LogP contribution in [0.1, 0.15) is 28.5 Å². The van der Waals surface area contributed by atoms with Gasteiger partial charge in [0.2, 0.25) is 0 Å². The molecule has 1 amide bonds. The number of carbonyl (C=O) groups excluding carboxylic acids is 1. The Kier molecular flexibility index (Phi) is 6.11. The maximum absolute atomic E-state index is 12.5. The molecule has 0 radical (unpaired) electrons. The van der Waals surface area contributed by atoms with Crippen LogP contribution in [0.4, 0.5) is 0 Å². The number of carboxylic acid groups (broad SMARTS) is 1. The van der Waals surface area contributed by atoms with Crippen molar-refractivity contribution in [3.05, 3.63) is 53.3 Å². The fourth-order valence-corrected chi connectivity index (χ4v) is 3.17. The smallest absolute Gasteiger partial charge is 0.308 e. The van der Waals surface area contributed by atoms with Crippen molar-refractivity contribution in [2.45, 2.75) is 20.3 Å². The number of benzene rings is 1. The average molecular weight is 396 g/mol. The van der Waals surface area contributed by atoms with Crippen LogP contribution < -0.4 is 10.1 Å². The highest BCUT2D eigenvalue weighted by Crippen LogP contribution is 2.17. The number of hydrogen-bond acceptors (Lipinski definition) is 5. The molecule has 0 aliphatic rings. The molecule has 29 heavy (non-hydrogen) atoms. The normalized spacial score (nSPS) is 12.0. The summed E-state index contributed by atoms with van der Waals surface area (Å²) in [5.41, 5.74) is 2.71. The van der Waals surface area contributed by atoms with Crippen molar-refractivity contribution < 1.29 is 19.4 Å². The van der Waals surface area contributed by atoms with Gasteiger partial charge in [0, 0.05) is 25.2 Å². The van der Waals surface area contributed by atoms with E-state index >= 15 is 0 Å². The molecule has 0 saturated carbocycles. The Morgan fingerprint density at radius 1 is 1.28 bits per heavy atom. The first-order valence-corrected chi connectivity index (χ1v) is 9.41. The number of carbonyl (C=O) groups is 2. The summed E-state index contributed by atoms with van der Waals surface area (Å²) in [4.78, 5) is 28.4. The fourth-order valence-electron chi connectivity index (χ4n) is 3.17. The highest BCUT2D eigenvalue weighted by atomic mass is 16.5. The molecule has 0 aliphatic heterocycles. The molecule has 1 unspecified atom stereocenters. The lowest BCUT2D eigenvalue weighted by Gasteiger charge is -2.14. The molecule has 3 rings (SSSR count). The largest absolute Gasteiger partial charge is 0.494 e. The van der Waals surface area contributed by atoms with Gasteiger partial charge in [0.05, 0.1) is 23.8 Å². The second kappa shape index (κ2) is 8.72. The first-order chi connectivity index (χ1) is 13.9. The molecular weight excluding hydrogens is 372 g/mol. The lowest BCUT2D eigenvalue weighted by atomic mass is 9.99. The highest BCUT2D eigenvalue weighted by molar-refractivity contribution is 5.97. The minimum Gasteiger partial charge on any atom is -0.494 e. The van der Waals surface area contributed by atoms with Crippen molar-refractivity contribution in [3.63, 3.8) is 0 Å². The zero-order valence-corrected chi connectivity index (χ0v) is 16.7. The molecule has 0 spiro atoms. The summed E-state index contributed by atoms with van der Waals surface area (Å²) >= 11 is 0. The SMILES string of the molecule is CCOc1ccc(CC(CNC(=O)c2cnc3c(c2)c(C)nn3C)C(=O)O)cc1. The van der Waals surface area contributed by atoms with Gasteiger partial charge >= 0.3 is 5.97 Å². The maximum Gasteiger partial charge on any atom is 0.308 e. The van der Waals surface area contributed by atoms with E-state index in [2.05, 4.69) is 15.4 Å². The van der Waals surface area contributed by atoms with Crippen LogP contribution >= 0.6 is 0 Å². The monoisotopic (exact) mass is 396 g/mol. The van der Waals surface area contributed by atoms with Crippen LogP contribution in [-0.4, -0.2) is 44.9 Å². The van der Waals surface area contributed by atoms with Crippen LogP contribution in [0.3, 0.4) is 0 Å². The molecule has 2 N–H and O–H groups in total. The molecule has 152 valence electrons. The number of amides is 1. The summed E-state index contributed by atoms with van der Waals surface area (Å²) in [6.07, 6.45) is 1.78. The number of aromatic nitrogens is 3. The van der Waals surface area contributed by atoms with Crippen molar-refractivity contribution in [2.24, 2.45) is 13.0 Å². The summed E-state index contributed by atoms with van der Waals surface area (Å²) in [6.45, 7) is 4.34. The summed E-state index contributed by atoms with van der Waals surface area (Å²) in [5, 5.41) is 17.3. The first-order valence-electron chi connectivity index (χ1n) is 9.41. The van der Waals surface area contributed by atoms with Gasteiger partial charge in [-0.25, -0.2) is 4.98 Å². The van der Waals surface area contributed by atoms with Crippen LogP contribution in [0, 0.1) is 12.8 Å². The second-order valence-corrected chi connectivity index (χ2v) is 6.83. The van der Waals surface area contributed by atoms with E-state index in [-0.39, 0.29) is 12.5 Å². The standard InChI is InChI=1S/C21H24N4O4/c1-4-29-17-7-5-14(6-8-17)9-16(21(27)28)12-23-20(26)15-10-18-13(2)24-25(3)19(18)22-11-15/h5-8,10-11,16H,4,9,12H2,1-3H3,(H,23,26)(H,27,28). The third-order valence-corrected chi connectivity index (χ3v) is 4.70. The topological polar surface area (TPSA) is 106 Å². The first kappa shape index (κ1) is 20.3. The number of aliphatic carboxylic acids is 1. The molecular formula is C21H24N4O4. The lowest BCUT2D eigenvalue weighted by molar-refractivity contribution is -0.141. The highest BCUT2D eigenvalue weighted by Gasteiger charge is 2.20. The van der Waals surface area contributed by atoms with Gasteiger partial charge in [-0.1, -0.05) is 12.1 Å².